The fraction of sp³-hybridized carbons (Fsp3) is 0.269. The molecule has 0 spiro atoms. The van der Waals surface area contributed by atoms with Crippen molar-refractivity contribution in [3.63, 3.8) is 0 Å². The summed E-state index contributed by atoms with van der Waals surface area (Å²) in [4.78, 5) is 35.6. The Morgan fingerprint density at radius 3 is 2.92 bits per heavy atom. The number of aromatic nitrogens is 3. The van der Waals surface area contributed by atoms with Gasteiger partial charge in [0, 0.05) is 43.2 Å². The van der Waals surface area contributed by atoms with Gasteiger partial charge in [0.25, 0.3) is 0 Å². The number of anilines is 1. The van der Waals surface area contributed by atoms with Gasteiger partial charge in [-0.3, -0.25) is 9.36 Å². The molecule has 1 fully saturated rings. The first-order valence-electron chi connectivity index (χ1n) is 11.6. The van der Waals surface area contributed by atoms with Crippen molar-refractivity contribution in [2.45, 2.75) is 13.0 Å². The molecular weight excluding hydrogens is 485 g/mol. The maximum atomic E-state index is 16.3. The van der Waals surface area contributed by atoms with Crippen molar-refractivity contribution < 1.29 is 13.9 Å². The van der Waals surface area contributed by atoms with E-state index in [0.29, 0.717) is 54.0 Å². The van der Waals surface area contributed by atoms with E-state index in [9.17, 15) is 9.59 Å². The van der Waals surface area contributed by atoms with Crippen molar-refractivity contribution in [1.82, 2.24) is 19.4 Å². The number of halogens is 2. The largest absolute Gasteiger partial charge is 0.488 e. The Balaban J connectivity index is 1.55. The van der Waals surface area contributed by atoms with Crippen LogP contribution in [0.3, 0.4) is 0 Å². The highest BCUT2D eigenvalue weighted by molar-refractivity contribution is 6.35. The van der Waals surface area contributed by atoms with Crippen LogP contribution >= 0.6 is 11.6 Å². The second-order valence-electron chi connectivity index (χ2n) is 9.20. The summed E-state index contributed by atoms with van der Waals surface area (Å²) in [5.74, 6) is -0.133. The molecule has 1 atom stereocenters. The van der Waals surface area contributed by atoms with Crippen molar-refractivity contribution in [2.24, 2.45) is 7.05 Å². The second kappa shape index (κ2) is 8.09. The number of nitrogens with zero attached hydrogens (tertiary/aromatic N) is 4. The van der Waals surface area contributed by atoms with E-state index in [1.54, 1.807) is 24.1 Å². The lowest BCUT2D eigenvalue weighted by atomic mass is 9.95. The van der Waals surface area contributed by atoms with Crippen LogP contribution in [0, 0.1) is 12.7 Å². The zero-order valence-electron chi connectivity index (χ0n) is 19.8. The van der Waals surface area contributed by atoms with Gasteiger partial charge in [-0.15, -0.1) is 0 Å². The summed E-state index contributed by atoms with van der Waals surface area (Å²) >= 11 is 6.79. The number of rotatable bonds is 2. The highest BCUT2D eigenvalue weighted by atomic mass is 35.5. The van der Waals surface area contributed by atoms with Crippen LogP contribution in [-0.2, 0) is 11.8 Å². The Morgan fingerprint density at radius 2 is 2.14 bits per heavy atom. The average Bonchev–Trinajstić information content (AvgIpc) is 3.17. The molecule has 2 aromatic carbocycles. The molecule has 2 aromatic heterocycles. The molecule has 4 heterocycles. The van der Waals surface area contributed by atoms with Crippen molar-refractivity contribution in [3.05, 3.63) is 63.9 Å². The highest BCUT2D eigenvalue weighted by Gasteiger charge is 2.36. The third-order valence-electron chi connectivity index (χ3n) is 7.20. The van der Waals surface area contributed by atoms with Gasteiger partial charge in [0.15, 0.2) is 11.6 Å². The van der Waals surface area contributed by atoms with E-state index in [-0.39, 0.29) is 33.7 Å². The number of pyridine rings is 1. The minimum Gasteiger partial charge on any atom is -0.488 e. The Kier molecular flexibility index (Phi) is 5.08. The van der Waals surface area contributed by atoms with Crippen LogP contribution in [-0.4, -0.2) is 57.6 Å². The third-order valence-corrected chi connectivity index (χ3v) is 7.50. The Bertz CT molecular complexity index is 1660. The number of fused-ring (bicyclic) bond motifs is 6. The highest BCUT2D eigenvalue weighted by Crippen LogP contribution is 2.46. The van der Waals surface area contributed by atoms with Gasteiger partial charge in [0.05, 0.1) is 34.0 Å². The van der Waals surface area contributed by atoms with Crippen molar-refractivity contribution in [3.8, 4) is 16.9 Å². The molecule has 1 saturated heterocycles. The van der Waals surface area contributed by atoms with Gasteiger partial charge in [-0.25, -0.2) is 14.2 Å². The molecule has 0 radical (unpaired) electrons. The number of nitrogens with one attached hydrogen (secondary N) is 1. The number of benzene rings is 2. The number of aryl methyl sites for hydroxylation is 2. The fourth-order valence-corrected chi connectivity index (χ4v) is 5.72. The summed E-state index contributed by atoms with van der Waals surface area (Å²) in [6.07, 6.45) is 2.85. The molecule has 0 unspecified atom stereocenters. The monoisotopic (exact) mass is 507 g/mol. The molecule has 184 valence electrons. The molecule has 1 N–H and O–H groups in total. The Morgan fingerprint density at radius 1 is 1.33 bits per heavy atom. The topological polar surface area (TPSA) is 83.5 Å². The van der Waals surface area contributed by atoms with Crippen LogP contribution in [0.2, 0.25) is 5.02 Å². The summed E-state index contributed by atoms with van der Waals surface area (Å²) < 4.78 is 23.7. The molecule has 8 nitrogen and oxygen atoms in total. The van der Waals surface area contributed by atoms with Crippen LogP contribution in [0.25, 0.3) is 33.1 Å². The fourth-order valence-electron chi connectivity index (χ4n) is 5.43. The molecule has 0 aliphatic carbocycles. The Hall–Kier alpha value is -3.85. The minimum atomic E-state index is -0.563. The number of ether oxygens (including phenoxy) is 1. The van der Waals surface area contributed by atoms with E-state index in [2.05, 4.69) is 21.4 Å². The van der Waals surface area contributed by atoms with E-state index < -0.39 is 5.82 Å². The van der Waals surface area contributed by atoms with Crippen molar-refractivity contribution in [1.29, 1.82) is 0 Å². The van der Waals surface area contributed by atoms with Crippen molar-refractivity contribution in [2.75, 3.05) is 31.1 Å². The van der Waals surface area contributed by atoms with Gasteiger partial charge < -0.3 is 19.5 Å². The number of carbonyl (C=O) groups is 1. The molecule has 2 aliphatic heterocycles. The van der Waals surface area contributed by atoms with Crippen LogP contribution in [0.1, 0.15) is 5.56 Å². The van der Waals surface area contributed by atoms with Crippen LogP contribution in [0.5, 0.6) is 5.75 Å². The molecule has 2 aliphatic rings. The van der Waals surface area contributed by atoms with E-state index in [0.717, 1.165) is 11.3 Å². The normalized spacial score (nSPS) is 17.2. The minimum absolute atomic E-state index is 0.0902. The standard InChI is InChI=1S/C26H23ClFN5O3/c1-4-19(34)32-7-8-33-14(11-32)12-36-18-10-29-23-15(24(18)33)9-16(27)21(22(23)28)20-13(2)5-6-17-25(20)31(3)26(35)30-17/h4-6,9-10,14H,1,7-8,11-12H2,2-3H3,(H,30,35)/t14-/m1/s1. The van der Waals surface area contributed by atoms with Gasteiger partial charge >= 0.3 is 5.69 Å². The molecular formula is C26H23ClFN5O3. The molecule has 6 rings (SSSR count). The first kappa shape index (κ1) is 22.6. The average molecular weight is 508 g/mol. The van der Waals surface area contributed by atoms with E-state index in [1.165, 1.54) is 16.8 Å². The first-order chi connectivity index (χ1) is 17.3. The quantitative estimate of drug-likeness (QED) is 0.417. The number of amides is 1. The predicted molar refractivity (Wildman–Crippen MR) is 137 cm³/mol. The SMILES string of the molecule is C=CC(=O)N1CCN2c3c(cnc4c(F)c(-c5c(C)ccc6[nH]c(=O)n(C)c56)c(Cl)cc34)OC[C@H]2C1. The third kappa shape index (κ3) is 3.15. The van der Waals surface area contributed by atoms with E-state index in [1.807, 2.05) is 13.0 Å². The number of hydrogen-bond donors (Lipinski definition) is 1. The maximum absolute atomic E-state index is 16.3. The number of H-pyrrole nitrogens is 1. The molecule has 36 heavy (non-hydrogen) atoms. The summed E-state index contributed by atoms with van der Waals surface area (Å²) in [6, 6.07) is 5.26. The number of imidazole rings is 1. The Labute approximate surface area is 210 Å². The summed E-state index contributed by atoms with van der Waals surface area (Å²) in [7, 11) is 1.64. The lowest BCUT2D eigenvalue weighted by Crippen LogP contribution is -2.58. The summed E-state index contributed by atoms with van der Waals surface area (Å²) in [6.45, 7) is 7.38. The summed E-state index contributed by atoms with van der Waals surface area (Å²) in [5, 5.41) is 0.752. The number of carbonyl (C=O) groups excluding carboxylic acids is 1. The van der Waals surface area contributed by atoms with Gasteiger partial charge in [-0.05, 0) is 30.7 Å². The van der Waals surface area contributed by atoms with Crippen LogP contribution in [0.15, 0.2) is 41.8 Å². The molecule has 1 amide bonds. The van der Waals surface area contributed by atoms with Gasteiger partial charge in [-0.2, -0.15) is 0 Å². The molecule has 0 bridgehead atoms. The number of hydrogen-bond acceptors (Lipinski definition) is 5. The zero-order chi connectivity index (χ0) is 25.3. The zero-order valence-corrected chi connectivity index (χ0v) is 20.5. The number of piperazine rings is 1. The molecule has 10 heteroatoms. The molecule has 4 aromatic rings. The predicted octanol–water partition coefficient (Wildman–Crippen LogP) is 3.78. The second-order valence-corrected chi connectivity index (χ2v) is 9.61. The first-order valence-corrected chi connectivity index (χ1v) is 12.0. The van der Waals surface area contributed by atoms with E-state index >= 15 is 4.39 Å². The molecule has 0 saturated carbocycles. The number of aromatic amines is 1. The lowest BCUT2D eigenvalue weighted by Gasteiger charge is -2.45. The maximum Gasteiger partial charge on any atom is 0.326 e. The van der Waals surface area contributed by atoms with Crippen molar-refractivity contribution >= 4 is 45.1 Å². The van der Waals surface area contributed by atoms with Gasteiger partial charge in [0.2, 0.25) is 5.91 Å². The smallest absolute Gasteiger partial charge is 0.326 e. The van der Waals surface area contributed by atoms with E-state index in [4.69, 9.17) is 16.3 Å². The van der Waals surface area contributed by atoms with Gasteiger partial charge in [-0.1, -0.05) is 24.2 Å². The van der Waals surface area contributed by atoms with Crippen LogP contribution in [0.4, 0.5) is 10.1 Å². The van der Waals surface area contributed by atoms with Gasteiger partial charge in [0.1, 0.15) is 12.1 Å². The van der Waals surface area contributed by atoms with Crippen LogP contribution < -0.4 is 15.3 Å². The lowest BCUT2D eigenvalue weighted by molar-refractivity contribution is -0.127. The summed E-state index contributed by atoms with van der Waals surface area (Å²) in [5.41, 5.74) is 3.29.